The van der Waals surface area contributed by atoms with Gasteiger partial charge < -0.3 is 5.32 Å². The van der Waals surface area contributed by atoms with Crippen LogP contribution in [0.1, 0.15) is 37.0 Å². The molecule has 0 aliphatic carbocycles. The van der Waals surface area contributed by atoms with Crippen LogP contribution in [0, 0.1) is 29.1 Å². The first-order valence-electron chi connectivity index (χ1n) is 14.4. The fraction of sp³-hybridized carbons (Fsp3) is 0.265. The fourth-order valence-electron chi connectivity index (χ4n) is 5.40. The van der Waals surface area contributed by atoms with Gasteiger partial charge >= 0.3 is 6.03 Å². The first-order chi connectivity index (χ1) is 21.2. The minimum atomic E-state index is -0.943. The second-order valence-corrected chi connectivity index (χ2v) is 11.6. The Morgan fingerprint density at radius 2 is 1.82 bits per heavy atom. The Bertz CT molecular complexity index is 1870. The Morgan fingerprint density at radius 1 is 1.07 bits per heavy atom. The van der Waals surface area contributed by atoms with E-state index in [0.717, 1.165) is 40.7 Å². The highest BCUT2D eigenvalue weighted by atomic mass is 16.2. The monoisotopic (exact) mass is 585 g/mol. The number of aromatic nitrogens is 2. The zero-order valence-electron chi connectivity index (χ0n) is 24.5. The van der Waals surface area contributed by atoms with Crippen molar-refractivity contribution in [2.45, 2.75) is 32.4 Å². The quantitative estimate of drug-likeness (QED) is 0.327. The van der Waals surface area contributed by atoms with Crippen molar-refractivity contribution in [3.8, 4) is 17.9 Å². The number of nitriles is 1. The van der Waals surface area contributed by atoms with Crippen LogP contribution in [0.15, 0.2) is 73.1 Å². The number of urea groups is 1. The summed E-state index contributed by atoms with van der Waals surface area (Å²) in [6.07, 6.45) is 4.00. The molecule has 3 heterocycles. The van der Waals surface area contributed by atoms with Crippen LogP contribution in [0.3, 0.4) is 0 Å². The molecule has 4 amide bonds. The van der Waals surface area contributed by atoms with Gasteiger partial charge in [-0.25, -0.2) is 4.79 Å². The third-order valence-corrected chi connectivity index (χ3v) is 8.07. The molecule has 4 aromatic rings. The highest BCUT2D eigenvalue weighted by Crippen LogP contribution is 2.28. The molecule has 0 spiro atoms. The number of benzene rings is 3. The van der Waals surface area contributed by atoms with Gasteiger partial charge in [-0.3, -0.25) is 29.4 Å². The molecule has 0 unspecified atom stereocenters. The number of carbonyl (C=O) groups excluding carboxylic acids is 3. The predicted molar refractivity (Wildman–Crippen MR) is 166 cm³/mol. The van der Waals surface area contributed by atoms with E-state index < -0.39 is 11.6 Å². The maximum absolute atomic E-state index is 13.4. The lowest BCUT2D eigenvalue weighted by atomic mass is 9.99. The first kappa shape index (κ1) is 28.7. The van der Waals surface area contributed by atoms with Gasteiger partial charge in [-0.2, -0.15) is 10.4 Å². The number of anilines is 2. The van der Waals surface area contributed by atoms with Gasteiger partial charge in [0.15, 0.2) is 0 Å². The molecule has 0 radical (unpaired) electrons. The van der Waals surface area contributed by atoms with Crippen molar-refractivity contribution >= 4 is 40.0 Å². The Kier molecular flexibility index (Phi) is 7.60. The predicted octanol–water partition coefficient (Wildman–Crippen LogP) is 4.21. The molecular formula is C34H31N7O3. The summed E-state index contributed by atoms with van der Waals surface area (Å²) in [5, 5.41) is 20.9. The van der Waals surface area contributed by atoms with E-state index in [1.54, 1.807) is 27.9 Å². The van der Waals surface area contributed by atoms with Crippen molar-refractivity contribution in [1.82, 2.24) is 20.0 Å². The van der Waals surface area contributed by atoms with Gasteiger partial charge in [-0.05, 0) is 50.2 Å². The molecule has 2 aliphatic rings. The topological polar surface area (TPSA) is 123 Å². The van der Waals surface area contributed by atoms with Gasteiger partial charge in [0.25, 0.3) is 5.91 Å². The van der Waals surface area contributed by atoms with Crippen LogP contribution in [-0.4, -0.2) is 52.2 Å². The smallest absolute Gasteiger partial charge is 0.323 e. The Morgan fingerprint density at radius 3 is 2.55 bits per heavy atom. The highest BCUT2D eigenvalue weighted by Gasteiger charge is 2.32. The fourth-order valence-corrected chi connectivity index (χ4v) is 5.40. The number of carbonyl (C=O) groups is 3. The SMILES string of the molecule is CC(C)(C(=O)Nc1ccc(C#N)c2ccccc12)n1cc(CN2CC(C#Cc3ccc(N4CCC(=O)NC4=O)cc3)C2)cn1. The number of hydrogen-bond donors (Lipinski definition) is 2. The number of imide groups is 1. The summed E-state index contributed by atoms with van der Waals surface area (Å²) >= 11 is 0. The van der Waals surface area contributed by atoms with E-state index in [2.05, 4.69) is 38.5 Å². The third kappa shape index (κ3) is 5.76. The van der Waals surface area contributed by atoms with Crippen molar-refractivity contribution in [2.75, 3.05) is 29.9 Å². The summed E-state index contributed by atoms with van der Waals surface area (Å²) in [7, 11) is 0. The lowest BCUT2D eigenvalue weighted by molar-refractivity contribution is -0.123. The normalized spacial score (nSPS) is 15.6. The molecule has 220 valence electrons. The van der Waals surface area contributed by atoms with Gasteiger partial charge in [-0.15, -0.1) is 0 Å². The number of nitrogens with zero attached hydrogens (tertiary/aromatic N) is 5. The van der Waals surface area contributed by atoms with Gasteiger partial charge in [0.2, 0.25) is 5.91 Å². The van der Waals surface area contributed by atoms with Crippen molar-refractivity contribution in [3.05, 3.63) is 89.7 Å². The molecule has 0 atom stereocenters. The minimum Gasteiger partial charge on any atom is -0.323 e. The summed E-state index contributed by atoms with van der Waals surface area (Å²) in [6.45, 7) is 6.42. The van der Waals surface area contributed by atoms with Gasteiger partial charge in [0.05, 0.1) is 17.8 Å². The van der Waals surface area contributed by atoms with Crippen molar-refractivity contribution in [2.24, 2.45) is 5.92 Å². The lowest BCUT2D eigenvalue weighted by Gasteiger charge is -2.36. The molecule has 2 aliphatic heterocycles. The van der Waals surface area contributed by atoms with Crippen LogP contribution in [-0.2, 0) is 21.7 Å². The Labute approximate surface area is 255 Å². The van der Waals surface area contributed by atoms with E-state index in [4.69, 9.17) is 0 Å². The number of amides is 4. The molecule has 0 saturated carbocycles. The van der Waals surface area contributed by atoms with E-state index in [-0.39, 0.29) is 24.2 Å². The molecule has 44 heavy (non-hydrogen) atoms. The van der Waals surface area contributed by atoms with Crippen LogP contribution in [0.4, 0.5) is 16.2 Å². The van der Waals surface area contributed by atoms with E-state index >= 15 is 0 Å². The summed E-state index contributed by atoms with van der Waals surface area (Å²) in [5.74, 6) is 6.36. The molecular weight excluding hydrogens is 554 g/mol. The zero-order chi connectivity index (χ0) is 30.8. The molecule has 10 heteroatoms. The summed E-state index contributed by atoms with van der Waals surface area (Å²) in [6, 6.07) is 20.3. The standard InChI is InChI=1S/C34H31N7O3/c1-34(2,32(43)37-30-14-11-26(17-35)28-5-3-4-6-29(28)30)41-22-25(18-36-41)21-39-19-24(20-39)8-7-23-9-12-27(13-10-23)40-16-15-31(42)38-33(40)44/h3-6,9-14,18,22,24H,15-16,19-21H2,1-2H3,(H,37,43)(H,38,42,44). The van der Waals surface area contributed by atoms with E-state index in [9.17, 15) is 19.6 Å². The number of hydrogen-bond acceptors (Lipinski definition) is 6. The molecule has 2 fully saturated rings. The maximum Gasteiger partial charge on any atom is 0.328 e. The summed E-state index contributed by atoms with van der Waals surface area (Å²) in [4.78, 5) is 40.7. The van der Waals surface area contributed by atoms with Crippen LogP contribution in [0.2, 0.25) is 0 Å². The van der Waals surface area contributed by atoms with Crippen LogP contribution < -0.4 is 15.5 Å². The van der Waals surface area contributed by atoms with E-state index in [1.807, 2.05) is 68.6 Å². The van der Waals surface area contributed by atoms with Crippen molar-refractivity contribution < 1.29 is 14.4 Å². The second-order valence-electron chi connectivity index (χ2n) is 11.6. The average molecular weight is 586 g/mol. The summed E-state index contributed by atoms with van der Waals surface area (Å²) in [5.41, 5.74) is 2.89. The maximum atomic E-state index is 13.4. The van der Waals surface area contributed by atoms with E-state index in [1.165, 1.54) is 0 Å². The average Bonchev–Trinajstić information content (AvgIpc) is 3.48. The first-order valence-corrected chi connectivity index (χ1v) is 14.4. The van der Waals surface area contributed by atoms with Crippen molar-refractivity contribution in [3.63, 3.8) is 0 Å². The number of nitrogens with one attached hydrogen (secondary N) is 2. The largest absolute Gasteiger partial charge is 0.328 e. The van der Waals surface area contributed by atoms with Crippen LogP contribution >= 0.6 is 0 Å². The molecule has 10 nitrogen and oxygen atoms in total. The molecule has 2 N–H and O–H groups in total. The van der Waals surface area contributed by atoms with Crippen LogP contribution in [0.5, 0.6) is 0 Å². The molecule has 3 aromatic carbocycles. The van der Waals surface area contributed by atoms with E-state index in [0.29, 0.717) is 24.3 Å². The number of rotatable bonds is 6. The number of likely N-dealkylation sites (tertiary alicyclic amines) is 1. The van der Waals surface area contributed by atoms with Gasteiger partial charge in [0, 0.05) is 78.0 Å². The minimum absolute atomic E-state index is 0.205. The molecule has 1 aromatic heterocycles. The molecule has 6 rings (SSSR count). The molecule has 2 saturated heterocycles. The van der Waals surface area contributed by atoms with Gasteiger partial charge in [-0.1, -0.05) is 36.1 Å². The lowest BCUT2D eigenvalue weighted by Crippen LogP contribution is -2.49. The molecule has 0 bridgehead atoms. The Balaban J connectivity index is 1.03. The van der Waals surface area contributed by atoms with Crippen LogP contribution in [0.25, 0.3) is 10.8 Å². The van der Waals surface area contributed by atoms with Gasteiger partial charge in [0.1, 0.15) is 5.54 Å². The third-order valence-electron chi connectivity index (χ3n) is 8.07. The second kappa shape index (κ2) is 11.7. The van der Waals surface area contributed by atoms with Crippen molar-refractivity contribution in [1.29, 1.82) is 5.26 Å². The number of fused-ring (bicyclic) bond motifs is 1. The Hall–Kier alpha value is -5.45. The summed E-state index contributed by atoms with van der Waals surface area (Å²) < 4.78 is 1.69. The zero-order valence-corrected chi connectivity index (χ0v) is 24.5. The highest BCUT2D eigenvalue weighted by molar-refractivity contribution is 6.06.